The Balaban J connectivity index is 3.19. The molecule has 1 aromatic rings. The first kappa shape index (κ1) is 6.80. The summed E-state index contributed by atoms with van der Waals surface area (Å²) in [6, 6.07) is 2.40. The SMILES string of the molecule is Cc1nc(F)ccc1N=O. The van der Waals surface area contributed by atoms with Crippen molar-refractivity contribution in [2.75, 3.05) is 0 Å². The highest BCUT2D eigenvalue weighted by atomic mass is 19.1. The van der Waals surface area contributed by atoms with Gasteiger partial charge >= 0.3 is 0 Å². The molecule has 0 amide bonds. The van der Waals surface area contributed by atoms with Gasteiger partial charge in [0, 0.05) is 0 Å². The summed E-state index contributed by atoms with van der Waals surface area (Å²) in [6.45, 7) is 1.53. The van der Waals surface area contributed by atoms with Gasteiger partial charge in [-0.25, -0.2) is 4.98 Å². The van der Waals surface area contributed by atoms with Crippen LogP contribution in [0.25, 0.3) is 0 Å². The zero-order chi connectivity index (χ0) is 7.56. The fourth-order valence-electron chi connectivity index (χ4n) is 0.620. The Morgan fingerprint density at radius 1 is 1.60 bits per heavy atom. The molecule has 1 rings (SSSR count). The maximum atomic E-state index is 12.2. The number of halogens is 1. The molecule has 3 nitrogen and oxygen atoms in total. The topological polar surface area (TPSA) is 42.3 Å². The molecule has 0 atom stereocenters. The third kappa shape index (κ3) is 1.15. The molecule has 4 heteroatoms. The van der Waals surface area contributed by atoms with Gasteiger partial charge in [-0.1, -0.05) is 0 Å². The number of hydrogen-bond donors (Lipinski definition) is 0. The number of nitrogens with zero attached hydrogens (tertiary/aromatic N) is 2. The van der Waals surface area contributed by atoms with Crippen molar-refractivity contribution in [1.82, 2.24) is 4.98 Å². The highest BCUT2D eigenvalue weighted by Crippen LogP contribution is 2.14. The molecule has 0 aliphatic rings. The van der Waals surface area contributed by atoms with E-state index in [1.807, 2.05) is 0 Å². The second kappa shape index (κ2) is 2.51. The second-order valence-corrected chi connectivity index (χ2v) is 1.83. The smallest absolute Gasteiger partial charge is 0.213 e. The van der Waals surface area contributed by atoms with Gasteiger partial charge in [0.15, 0.2) is 0 Å². The Labute approximate surface area is 56.9 Å². The van der Waals surface area contributed by atoms with Crippen molar-refractivity contribution in [3.63, 3.8) is 0 Å². The predicted octanol–water partition coefficient (Wildman–Crippen LogP) is 1.93. The third-order valence-corrected chi connectivity index (χ3v) is 1.12. The van der Waals surface area contributed by atoms with Gasteiger partial charge in [-0.15, -0.1) is 4.91 Å². The second-order valence-electron chi connectivity index (χ2n) is 1.83. The lowest BCUT2D eigenvalue weighted by Crippen LogP contribution is -1.84. The fraction of sp³-hybridized carbons (Fsp3) is 0.167. The minimum Gasteiger partial charge on any atom is -0.223 e. The van der Waals surface area contributed by atoms with E-state index < -0.39 is 5.95 Å². The number of nitroso groups, excluding NO2 is 1. The van der Waals surface area contributed by atoms with E-state index in [0.717, 1.165) is 6.07 Å². The Kier molecular flexibility index (Phi) is 1.71. The molecule has 0 radical (unpaired) electrons. The van der Waals surface area contributed by atoms with Crippen molar-refractivity contribution in [2.24, 2.45) is 5.18 Å². The van der Waals surface area contributed by atoms with Crippen LogP contribution in [0, 0.1) is 17.8 Å². The third-order valence-electron chi connectivity index (χ3n) is 1.12. The molecule has 0 bridgehead atoms. The lowest BCUT2D eigenvalue weighted by molar-refractivity contribution is 0.580. The minimum absolute atomic E-state index is 0.182. The van der Waals surface area contributed by atoms with Crippen molar-refractivity contribution in [2.45, 2.75) is 6.92 Å². The van der Waals surface area contributed by atoms with Crippen LogP contribution >= 0.6 is 0 Å². The summed E-state index contributed by atoms with van der Waals surface area (Å²) in [5.74, 6) is -0.593. The number of hydrogen-bond acceptors (Lipinski definition) is 3. The van der Waals surface area contributed by atoms with E-state index >= 15 is 0 Å². The van der Waals surface area contributed by atoms with Crippen LogP contribution in [0.1, 0.15) is 5.69 Å². The van der Waals surface area contributed by atoms with Gasteiger partial charge in [-0.2, -0.15) is 4.39 Å². The number of pyridine rings is 1. The summed E-state index contributed by atoms with van der Waals surface area (Å²) in [7, 11) is 0. The molecule has 0 unspecified atom stereocenters. The van der Waals surface area contributed by atoms with E-state index in [-0.39, 0.29) is 5.69 Å². The maximum absolute atomic E-state index is 12.2. The monoisotopic (exact) mass is 140 g/mol. The normalized spacial score (nSPS) is 9.40. The minimum atomic E-state index is -0.593. The van der Waals surface area contributed by atoms with Gasteiger partial charge in [0.2, 0.25) is 5.95 Å². The summed E-state index contributed by atoms with van der Waals surface area (Å²) >= 11 is 0. The van der Waals surface area contributed by atoms with Gasteiger partial charge < -0.3 is 0 Å². The van der Waals surface area contributed by atoms with Crippen molar-refractivity contribution in [1.29, 1.82) is 0 Å². The van der Waals surface area contributed by atoms with Crippen LogP contribution in [0.4, 0.5) is 10.1 Å². The molecule has 0 spiro atoms. The molecule has 0 aromatic carbocycles. The highest BCUT2D eigenvalue weighted by Gasteiger charge is 1.99. The van der Waals surface area contributed by atoms with E-state index in [0.29, 0.717) is 5.69 Å². The van der Waals surface area contributed by atoms with Crippen molar-refractivity contribution < 1.29 is 4.39 Å². The summed E-state index contributed by atoms with van der Waals surface area (Å²) < 4.78 is 12.2. The summed E-state index contributed by atoms with van der Waals surface area (Å²) in [5, 5.41) is 2.63. The fourth-order valence-corrected chi connectivity index (χ4v) is 0.620. The zero-order valence-corrected chi connectivity index (χ0v) is 5.34. The quantitative estimate of drug-likeness (QED) is 0.441. The molecular weight excluding hydrogens is 135 g/mol. The maximum Gasteiger partial charge on any atom is 0.213 e. The Bertz CT molecular complexity index is 262. The van der Waals surface area contributed by atoms with E-state index in [9.17, 15) is 9.30 Å². The molecule has 52 valence electrons. The zero-order valence-electron chi connectivity index (χ0n) is 5.34. The molecule has 1 heterocycles. The van der Waals surface area contributed by atoms with Crippen LogP contribution in [0.2, 0.25) is 0 Å². The molecule has 10 heavy (non-hydrogen) atoms. The first-order chi connectivity index (χ1) is 4.74. The van der Waals surface area contributed by atoms with E-state index in [4.69, 9.17) is 0 Å². The first-order valence-corrected chi connectivity index (χ1v) is 2.70. The average Bonchev–Trinajstić information content (AvgIpc) is 1.88. The molecule has 0 N–H and O–H groups in total. The van der Waals surface area contributed by atoms with Crippen molar-refractivity contribution in [3.8, 4) is 0 Å². The molecule has 1 aromatic heterocycles. The molecule has 0 aliphatic heterocycles. The highest BCUT2D eigenvalue weighted by molar-refractivity contribution is 5.39. The lowest BCUT2D eigenvalue weighted by atomic mass is 10.3. The Morgan fingerprint density at radius 3 is 2.80 bits per heavy atom. The largest absolute Gasteiger partial charge is 0.223 e. The summed E-state index contributed by atoms with van der Waals surface area (Å²) in [4.78, 5) is 13.3. The van der Waals surface area contributed by atoms with Gasteiger partial charge in [-0.05, 0) is 24.2 Å². The Morgan fingerprint density at radius 2 is 2.30 bits per heavy atom. The van der Waals surface area contributed by atoms with Crippen molar-refractivity contribution in [3.05, 3.63) is 28.7 Å². The van der Waals surface area contributed by atoms with Crippen LogP contribution in [-0.4, -0.2) is 4.98 Å². The van der Waals surface area contributed by atoms with Gasteiger partial charge in [-0.3, -0.25) is 0 Å². The average molecular weight is 140 g/mol. The van der Waals surface area contributed by atoms with Crippen LogP contribution in [0.15, 0.2) is 17.3 Å². The summed E-state index contributed by atoms with van der Waals surface area (Å²) in [6.07, 6.45) is 0. The molecule has 0 fully saturated rings. The standard InChI is InChI=1S/C6H5FN2O/c1-4-5(9-10)2-3-6(7)8-4/h2-3H,1H3. The van der Waals surface area contributed by atoms with Crippen molar-refractivity contribution >= 4 is 5.69 Å². The van der Waals surface area contributed by atoms with Crippen LogP contribution < -0.4 is 0 Å². The number of aromatic nitrogens is 1. The van der Waals surface area contributed by atoms with Gasteiger partial charge in [0.25, 0.3) is 0 Å². The molecule has 0 saturated heterocycles. The van der Waals surface area contributed by atoms with Crippen LogP contribution in [0.5, 0.6) is 0 Å². The van der Waals surface area contributed by atoms with E-state index in [2.05, 4.69) is 10.2 Å². The first-order valence-electron chi connectivity index (χ1n) is 2.70. The van der Waals surface area contributed by atoms with Gasteiger partial charge in [0.1, 0.15) is 5.69 Å². The van der Waals surface area contributed by atoms with E-state index in [1.54, 1.807) is 0 Å². The van der Waals surface area contributed by atoms with Gasteiger partial charge in [0.05, 0.1) is 5.69 Å². The van der Waals surface area contributed by atoms with Crippen LogP contribution in [-0.2, 0) is 0 Å². The molecule has 0 aliphatic carbocycles. The predicted molar refractivity (Wildman–Crippen MR) is 34.4 cm³/mol. The number of aryl methyl sites for hydroxylation is 1. The number of rotatable bonds is 1. The lowest BCUT2D eigenvalue weighted by Gasteiger charge is -1.92. The summed E-state index contributed by atoms with van der Waals surface area (Å²) in [5.41, 5.74) is 0.497. The van der Waals surface area contributed by atoms with E-state index in [1.165, 1.54) is 13.0 Å². The molecular formula is C6H5FN2O. The molecule has 0 saturated carbocycles. The Hall–Kier alpha value is -1.32. The van der Waals surface area contributed by atoms with Crippen LogP contribution in [0.3, 0.4) is 0 Å².